The average Bonchev–Trinajstić information content (AvgIpc) is 2.38. The monoisotopic (exact) mass is 247 g/mol. The highest BCUT2D eigenvalue weighted by Crippen LogP contribution is 2.24. The number of nitrogens with zero attached hydrogens (tertiary/aromatic N) is 1. The number of hydrogen-bond acceptors (Lipinski definition) is 2. The van der Waals surface area contributed by atoms with Gasteiger partial charge in [-0.2, -0.15) is 0 Å². The Morgan fingerprint density at radius 2 is 2.06 bits per heavy atom. The van der Waals surface area contributed by atoms with Crippen molar-refractivity contribution < 1.29 is 9.63 Å². The lowest BCUT2D eigenvalue weighted by Gasteiger charge is -2.33. The summed E-state index contributed by atoms with van der Waals surface area (Å²) in [5.74, 6) is 1.27. The number of hydroxylamine groups is 2. The van der Waals surface area contributed by atoms with E-state index >= 15 is 0 Å². The molecule has 3 heteroatoms. The molecule has 1 aromatic rings. The van der Waals surface area contributed by atoms with Gasteiger partial charge in [0.05, 0.1) is 6.54 Å². The predicted molar refractivity (Wildman–Crippen MR) is 70.5 cm³/mol. The Hall–Kier alpha value is -1.35. The highest BCUT2D eigenvalue weighted by molar-refractivity contribution is 5.75. The standard InChI is InChI=1S/C15H21NO2/c1-12(2)14-8-9-15(17)16(10-14)18-11-13-6-4-3-5-7-13/h3-7,12,14H,8-11H2,1-2H3. The minimum atomic E-state index is 0.114. The predicted octanol–water partition coefficient (Wildman–Crippen LogP) is 3.01. The van der Waals surface area contributed by atoms with E-state index in [1.54, 1.807) is 5.06 Å². The minimum absolute atomic E-state index is 0.114. The zero-order valence-corrected chi connectivity index (χ0v) is 11.1. The van der Waals surface area contributed by atoms with Gasteiger partial charge < -0.3 is 0 Å². The van der Waals surface area contributed by atoms with Crippen molar-refractivity contribution in [2.24, 2.45) is 11.8 Å². The first-order valence-electron chi connectivity index (χ1n) is 6.64. The molecule has 1 aliphatic heterocycles. The summed E-state index contributed by atoms with van der Waals surface area (Å²) in [6.07, 6.45) is 1.60. The van der Waals surface area contributed by atoms with Crippen LogP contribution in [0.1, 0.15) is 32.3 Å². The Morgan fingerprint density at radius 1 is 1.33 bits per heavy atom. The molecule has 1 unspecified atom stereocenters. The van der Waals surface area contributed by atoms with Crippen molar-refractivity contribution in [3.8, 4) is 0 Å². The number of carbonyl (C=O) groups excluding carboxylic acids is 1. The van der Waals surface area contributed by atoms with Crippen molar-refractivity contribution in [3.63, 3.8) is 0 Å². The van der Waals surface area contributed by atoms with Crippen LogP contribution in [0.2, 0.25) is 0 Å². The van der Waals surface area contributed by atoms with Crippen molar-refractivity contribution >= 4 is 5.91 Å². The molecular formula is C15H21NO2. The smallest absolute Gasteiger partial charge is 0.246 e. The third-order valence-corrected chi connectivity index (χ3v) is 3.58. The van der Waals surface area contributed by atoms with Gasteiger partial charge in [-0.3, -0.25) is 9.63 Å². The lowest BCUT2D eigenvalue weighted by Crippen LogP contribution is -2.41. The second kappa shape index (κ2) is 6.01. The Morgan fingerprint density at radius 3 is 2.72 bits per heavy atom. The van der Waals surface area contributed by atoms with E-state index < -0.39 is 0 Å². The van der Waals surface area contributed by atoms with E-state index in [0.717, 1.165) is 18.5 Å². The van der Waals surface area contributed by atoms with Gasteiger partial charge >= 0.3 is 0 Å². The van der Waals surface area contributed by atoms with Gasteiger partial charge in [-0.1, -0.05) is 44.2 Å². The van der Waals surface area contributed by atoms with Gasteiger partial charge in [0.1, 0.15) is 6.61 Å². The molecule has 0 N–H and O–H groups in total. The van der Waals surface area contributed by atoms with E-state index in [-0.39, 0.29) is 5.91 Å². The Bertz CT molecular complexity index is 389. The molecule has 1 heterocycles. The van der Waals surface area contributed by atoms with Gasteiger partial charge in [0, 0.05) is 6.42 Å². The molecule has 0 spiro atoms. The van der Waals surface area contributed by atoms with Crippen LogP contribution < -0.4 is 0 Å². The van der Waals surface area contributed by atoms with Crippen LogP contribution in [0.25, 0.3) is 0 Å². The normalized spacial score (nSPS) is 20.5. The second-order valence-electron chi connectivity index (χ2n) is 5.26. The third-order valence-electron chi connectivity index (χ3n) is 3.58. The Labute approximate surface area is 109 Å². The van der Waals surface area contributed by atoms with E-state index in [4.69, 9.17) is 4.84 Å². The first-order valence-corrected chi connectivity index (χ1v) is 6.64. The molecule has 1 saturated heterocycles. The van der Waals surface area contributed by atoms with Gasteiger partial charge in [0.25, 0.3) is 0 Å². The first kappa shape index (κ1) is 13.1. The number of carbonyl (C=O) groups is 1. The van der Waals surface area contributed by atoms with Crippen LogP contribution in [-0.2, 0) is 16.2 Å². The first-order chi connectivity index (χ1) is 8.66. The van der Waals surface area contributed by atoms with Crippen molar-refractivity contribution in [3.05, 3.63) is 35.9 Å². The summed E-state index contributed by atoms with van der Waals surface area (Å²) in [6, 6.07) is 9.95. The largest absolute Gasteiger partial charge is 0.273 e. The zero-order chi connectivity index (χ0) is 13.0. The maximum absolute atomic E-state index is 11.8. The van der Waals surface area contributed by atoms with Gasteiger partial charge in [0.15, 0.2) is 0 Å². The average molecular weight is 247 g/mol. The molecule has 0 saturated carbocycles. The molecule has 1 amide bonds. The highest BCUT2D eigenvalue weighted by atomic mass is 16.7. The molecule has 2 rings (SSSR count). The van der Waals surface area contributed by atoms with Gasteiger partial charge in [-0.15, -0.1) is 0 Å². The molecule has 3 nitrogen and oxygen atoms in total. The van der Waals surface area contributed by atoms with Crippen LogP contribution in [0.5, 0.6) is 0 Å². The van der Waals surface area contributed by atoms with Crippen molar-refractivity contribution in [2.45, 2.75) is 33.3 Å². The molecule has 0 aromatic heterocycles. The number of piperidine rings is 1. The molecule has 1 atom stereocenters. The fraction of sp³-hybridized carbons (Fsp3) is 0.533. The summed E-state index contributed by atoms with van der Waals surface area (Å²) in [6.45, 7) is 5.60. The summed E-state index contributed by atoms with van der Waals surface area (Å²) in [5, 5.41) is 1.56. The summed E-state index contributed by atoms with van der Waals surface area (Å²) in [5.41, 5.74) is 1.09. The summed E-state index contributed by atoms with van der Waals surface area (Å²) in [7, 11) is 0. The van der Waals surface area contributed by atoms with Crippen LogP contribution in [-0.4, -0.2) is 17.5 Å². The minimum Gasteiger partial charge on any atom is -0.273 e. The number of benzene rings is 1. The van der Waals surface area contributed by atoms with Crippen LogP contribution in [0.15, 0.2) is 30.3 Å². The van der Waals surface area contributed by atoms with Gasteiger partial charge in [-0.25, -0.2) is 5.06 Å². The number of rotatable bonds is 4. The molecular weight excluding hydrogens is 226 g/mol. The fourth-order valence-corrected chi connectivity index (χ4v) is 2.24. The number of amides is 1. The molecule has 0 aliphatic carbocycles. The summed E-state index contributed by atoms with van der Waals surface area (Å²) >= 11 is 0. The van der Waals surface area contributed by atoms with Crippen LogP contribution in [0.3, 0.4) is 0 Å². The summed E-state index contributed by atoms with van der Waals surface area (Å²) < 4.78 is 0. The zero-order valence-electron chi connectivity index (χ0n) is 11.1. The van der Waals surface area contributed by atoms with Gasteiger partial charge in [-0.05, 0) is 23.8 Å². The maximum Gasteiger partial charge on any atom is 0.246 e. The van der Waals surface area contributed by atoms with E-state index in [0.29, 0.717) is 24.9 Å². The van der Waals surface area contributed by atoms with E-state index in [1.807, 2.05) is 30.3 Å². The van der Waals surface area contributed by atoms with Gasteiger partial charge in [0.2, 0.25) is 5.91 Å². The van der Waals surface area contributed by atoms with E-state index in [9.17, 15) is 4.79 Å². The Balaban J connectivity index is 1.89. The molecule has 1 fully saturated rings. The quantitative estimate of drug-likeness (QED) is 0.818. The van der Waals surface area contributed by atoms with Crippen LogP contribution in [0, 0.1) is 11.8 Å². The van der Waals surface area contributed by atoms with Crippen LogP contribution >= 0.6 is 0 Å². The van der Waals surface area contributed by atoms with Crippen molar-refractivity contribution in [1.29, 1.82) is 0 Å². The van der Waals surface area contributed by atoms with E-state index in [2.05, 4.69) is 13.8 Å². The number of hydrogen-bond donors (Lipinski definition) is 0. The SMILES string of the molecule is CC(C)C1CCC(=O)N(OCc2ccccc2)C1. The molecule has 98 valence electrons. The molecule has 0 radical (unpaired) electrons. The third kappa shape index (κ3) is 3.33. The van der Waals surface area contributed by atoms with E-state index in [1.165, 1.54) is 0 Å². The lowest BCUT2D eigenvalue weighted by atomic mass is 9.88. The van der Waals surface area contributed by atoms with Crippen molar-refractivity contribution in [2.75, 3.05) is 6.54 Å². The lowest BCUT2D eigenvalue weighted by molar-refractivity contribution is -0.203. The Kier molecular flexibility index (Phi) is 4.37. The van der Waals surface area contributed by atoms with Crippen LogP contribution in [0.4, 0.5) is 0 Å². The van der Waals surface area contributed by atoms with Crippen molar-refractivity contribution in [1.82, 2.24) is 5.06 Å². The molecule has 0 bridgehead atoms. The maximum atomic E-state index is 11.8. The summed E-state index contributed by atoms with van der Waals surface area (Å²) in [4.78, 5) is 17.4. The topological polar surface area (TPSA) is 29.5 Å². The molecule has 1 aliphatic rings. The molecule has 18 heavy (non-hydrogen) atoms. The molecule has 1 aromatic carbocycles. The highest BCUT2D eigenvalue weighted by Gasteiger charge is 2.28. The fourth-order valence-electron chi connectivity index (χ4n) is 2.24. The second-order valence-corrected chi connectivity index (χ2v) is 5.26.